The summed E-state index contributed by atoms with van der Waals surface area (Å²) in [5, 5.41) is 13.4. The zero-order valence-corrected chi connectivity index (χ0v) is 12.8. The van der Waals surface area contributed by atoms with E-state index in [1.807, 2.05) is 0 Å². The molecule has 2 N–H and O–H groups in total. The van der Waals surface area contributed by atoms with Gasteiger partial charge in [-0.15, -0.1) is 0 Å². The minimum Gasteiger partial charge on any atom is -0.480 e. The van der Waals surface area contributed by atoms with Gasteiger partial charge in [-0.1, -0.05) is 6.42 Å². The van der Waals surface area contributed by atoms with E-state index in [0.717, 1.165) is 25.7 Å². The third-order valence-corrected chi connectivity index (χ3v) is 5.50. The fourth-order valence-electron chi connectivity index (χ4n) is 3.84. The zero-order valence-electron chi connectivity index (χ0n) is 12.8. The first-order valence-electron chi connectivity index (χ1n) is 8.30. The Labute approximate surface area is 121 Å². The Bertz CT molecular complexity index is 369. The second kappa shape index (κ2) is 5.30. The molecule has 114 valence electrons. The standard InChI is InChI=1S/C16H28N2O2/c1-11-4-3-5-12(2)18(11)10-16(15(19)20,13-6-7-13)17-14-8-9-14/h11-14,17H,3-10H2,1-2H3,(H,19,20). The molecule has 0 bridgehead atoms. The molecule has 2 saturated carbocycles. The maximum absolute atomic E-state index is 12.1. The number of nitrogens with zero attached hydrogens (tertiary/aromatic N) is 1. The third-order valence-electron chi connectivity index (χ3n) is 5.50. The molecule has 20 heavy (non-hydrogen) atoms. The van der Waals surface area contributed by atoms with Crippen molar-refractivity contribution in [3.05, 3.63) is 0 Å². The van der Waals surface area contributed by atoms with Crippen molar-refractivity contribution in [1.29, 1.82) is 0 Å². The minimum atomic E-state index is -0.693. The van der Waals surface area contributed by atoms with Crippen molar-refractivity contribution in [1.82, 2.24) is 10.2 Å². The molecule has 3 rings (SSSR count). The van der Waals surface area contributed by atoms with Gasteiger partial charge in [-0.3, -0.25) is 15.0 Å². The molecule has 2 aliphatic carbocycles. The summed E-state index contributed by atoms with van der Waals surface area (Å²) in [7, 11) is 0. The van der Waals surface area contributed by atoms with Crippen molar-refractivity contribution in [3.8, 4) is 0 Å². The molecule has 4 heteroatoms. The first-order valence-corrected chi connectivity index (χ1v) is 8.30. The summed E-state index contributed by atoms with van der Waals surface area (Å²) in [5.74, 6) is -0.293. The Morgan fingerprint density at radius 1 is 1.15 bits per heavy atom. The molecule has 3 unspecified atom stereocenters. The molecule has 0 aromatic heterocycles. The third kappa shape index (κ3) is 2.73. The van der Waals surface area contributed by atoms with Crippen LogP contribution < -0.4 is 5.32 Å². The Morgan fingerprint density at radius 3 is 2.20 bits per heavy atom. The normalized spacial score (nSPS) is 34.7. The number of piperidine rings is 1. The smallest absolute Gasteiger partial charge is 0.325 e. The Morgan fingerprint density at radius 2 is 1.75 bits per heavy atom. The quantitative estimate of drug-likeness (QED) is 0.783. The van der Waals surface area contributed by atoms with Crippen LogP contribution in [0.2, 0.25) is 0 Å². The molecule has 4 nitrogen and oxygen atoms in total. The summed E-state index contributed by atoms with van der Waals surface area (Å²) in [6.07, 6.45) is 8.12. The zero-order chi connectivity index (χ0) is 14.3. The summed E-state index contributed by atoms with van der Waals surface area (Å²) >= 11 is 0. The molecular formula is C16H28N2O2. The molecule has 3 atom stereocenters. The largest absolute Gasteiger partial charge is 0.480 e. The summed E-state index contributed by atoms with van der Waals surface area (Å²) in [6.45, 7) is 5.20. The van der Waals surface area contributed by atoms with Gasteiger partial charge in [0.2, 0.25) is 0 Å². The van der Waals surface area contributed by atoms with Crippen molar-refractivity contribution in [3.63, 3.8) is 0 Å². The number of hydrogen-bond donors (Lipinski definition) is 2. The number of carboxylic acid groups (broad SMARTS) is 1. The minimum absolute atomic E-state index is 0.335. The predicted molar refractivity (Wildman–Crippen MR) is 78.7 cm³/mol. The van der Waals surface area contributed by atoms with Gasteiger partial charge in [0.1, 0.15) is 5.54 Å². The highest BCUT2D eigenvalue weighted by atomic mass is 16.4. The van der Waals surface area contributed by atoms with Crippen molar-refractivity contribution < 1.29 is 9.90 Å². The van der Waals surface area contributed by atoms with Crippen molar-refractivity contribution >= 4 is 5.97 Å². The van der Waals surface area contributed by atoms with Crippen LogP contribution >= 0.6 is 0 Å². The Balaban J connectivity index is 1.78. The van der Waals surface area contributed by atoms with Crippen LogP contribution in [-0.2, 0) is 4.79 Å². The highest BCUT2D eigenvalue weighted by Gasteiger charge is 2.54. The van der Waals surface area contributed by atoms with Gasteiger partial charge in [-0.25, -0.2) is 0 Å². The monoisotopic (exact) mass is 280 g/mol. The van der Waals surface area contributed by atoms with E-state index < -0.39 is 11.5 Å². The highest BCUT2D eigenvalue weighted by molar-refractivity contribution is 5.80. The fourth-order valence-corrected chi connectivity index (χ4v) is 3.84. The number of rotatable bonds is 6. The van der Waals surface area contributed by atoms with Crippen LogP contribution in [0.25, 0.3) is 0 Å². The second-order valence-corrected chi connectivity index (χ2v) is 7.27. The van der Waals surface area contributed by atoms with Gasteiger partial charge in [-0.05, 0) is 58.3 Å². The van der Waals surface area contributed by atoms with E-state index in [9.17, 15) is 9.90 Å². The van der Waals surface area contributed by atoms with Crippen LogP contribution in [0.3, 0.4) is 0 Å². The van der Waals surface area contributed by atoms with Crippen LogP contribution in [0.5, 0.6) is 0 Å². The van der Waals surface area contributed by atoms with Crippen molar-refractivity contribution in [2.75, 3.05) is 6.54 Å². The molecule has 0 aromatic rings. The van der Waals surface area contributed by atoms with E-state index in [2.05, 4.69) is 24.1 Å². The number of nitrogens with one attached hydrogen (secondary N) is 1. The van der Waals surface area contributed by atoms with E-state index in [4.69, 9.17) is 0 Å². The van der Waals surface area contributed by atoms with Gasteiger partial charge in [0, 0.05) is 24.7 Å². The van der Waals surface area contributed by atoms with E-state index in [-0.39, 0.29) is 0 Å². The predicted octanol–water partition coefficient (Wildman–Crippen LogP) is 2.23. The van der Waals surface area contributed by atoms with Gasteiger partial charge in [0.25, 0.3) is 0 Å². The molecule has 0 radical (unpaired) electrons. The van der Waals surface area contributed by atoms with Crippen LogP contribution in [-0.4, -0.2) is 46.2 Å². The Hall–Kier alpha value is -0.610. The van der Waals surface area contributed by atoms with Crippen molar-refractivity contribution in [2.24, 2.45) is 5.92 Å². The SMILES string of the molecule is CC1CCCC(C)N1CC(NC1CC1)(C(=O)O)C1CC1. The maximum atomic E-state index is 12.1. The number of aliphatic carboxylic acids is 1. The van der Waals surface area contributed by atoms with Gasteiger partial charge in [-0.2, -0.15) is 0 Å². The van der Waals surface area contributed by atoms with Crippen LogP contribution in [0.1, 0.15) is 58.8 Å². The molecule has 0 spiro atoms. The number of hydrogen-bond acceptors (Lipinski definition) is 3. The van der Waals surface area contributed by atoms with E-state index in [1.54, 1.807) is 0 Å². The second-order valence-electron chi connectivity index (χ2n) is 7.27. The maximum Gasteiger partial charge on any atom is 0.325 e. The molecule has 0 amide bonds. The number of likely N-dealkylation sites (tertiary alicyclic amines) is 1. The van der Waals surface area contributed by atoms with Gasteiger partial charge in [0.15, 0.2) is 0 Å². The molecule has 1 aliphatic heterocycles. The molecular weight excluding hydrogens is 252 g/mol. The van der Waals surface area contributed by atoms with Gasteiger partial charge < -0.3 is 5.11 Å². The van der Waals surface area contributed by atoms with Crippen molar-refractivity contribution in [2.45, 2.75) is 82.5 Å². The first-order chi connectivity index (χ1) is 9.53. The lowest BCUT2D eigenvalue weighted by Gasteiger charge is -2.44. The summed E-state index contributed by atoms with van der Waals surface area (Å²) in [4.78, 5) is 14.5. The van der Waals surface area contributed by atoms with E-state index in [0.29, 0.717) is 30.6 Å². The average Bonchev–Trinajstić information content (AvgIpc) is 3.25. The summed E-state index contributed by atoms with van der Waals surface area (Å²) in [5.41, 5.74) is -0.693. The van der Waals surface area contributed by atoms with E-state index >= 15 is 0 Å². The summed E-state index contributed by atoms with van der Waals surface area (Å²) < 4.78 is 0. The Kier molecular flexibility index (Phi) is 3.80. The molecule has 1 heterocycles. The van der Waals surface area contributed by atoms with Gasteiger partial charge >= 0.3 is 5.97 Å². The molecule has 3 aliphatic rings. The lowest BCUT2D eigenvalue weighted by molar-refractivity contribution is -0.148. The highest BCUT2D eigenvalue weighted by Crippen LogP contribution is 2.43. The molecule has 0 aromatic carbocycles. The van der Waals surface area contributed by atoms with Crippen LogP contribution in [0.4, 0.5) is 0 Å². The molecule has 1 saturated heterocycles. The van der Waals surface area contributed by atoms with E-state index in [1.165, 1.54) is 19.3 Å². The number of carboxylic acids is 1. The lowest BCUT2D eigenvalue weighted by atomic mass is 9.88. The number of carbonyl (C=O) groups is 1. The van der Waals surface area contributed by atoms with Crippen LogP contribution in [0.15, 0.2) is 0 Å². The fraction of sp³-hybridized carbons (Fsp3) is 0.938. The summed E-state index contributed by atoms with van der Waals surface area (Å²) in [6, 6.07) is 1.47. The first kappa shape index (κ1) is 14.3. The lowest BCUT2D eigenvalue weighted by Crippen LogP contribution is -2.64. The average molecular weight is 280 g/mol. The molecule has 3 fully saturated rings. The van der Waals surface area contributed by atoms with Crippen LogP contribution in [0, 0.1) is 5.92 Å². The topological polar surface area (TPSA) is 52.6 Å². The van der Waals surface area contributed by atoms with Gasteiger partial charge in [0.05, 0.1) is 0 Å².